The number of nitrogens with zero attached hydrogens (tertiary/aromatic N) is 1. The fraction of sp³-hybridized carbons (Fsp3) is 0.562. The third-order valence-electron chi connectivity index (χ3n) is 4.67. The van der Waals surface area contributed by atoms with E-state index in [0.717, 1.165) is 35.0 Å². The number of carbonyl (C=O) groups excluding carboxylic acids is 1. The van der Waals surface area contributed by atoms with E-state index >= 15 is 0 Å². The third kappa shape index (κ3) is 2.86. The van der Waals surface area contributed by atoms with Crippen LogP contribution in [0.4, 0.5) is 0 Å². The number of halogens is 1. The van der Waals surface area contributed by atoms with Crippen LogP contribution in [0.15, 0.2) is 28.7 Å². The highest BCUT2D eigenvalue weighted by Crippen LogP contribution is 2.36. The van der Waals surface area contributed by atoms with Crippen LogP contribution in [-0.4, -0.2) is 23.9 Å². The van der Waals surface area contributed by atoms with Crippen LogP contribution >= 0.6 is 15.9 Å². The van der Waals surface area contributed by atoms with Crippen molar-refractivity contribution in [1.82, 2.24) is 4.90 Å². The van der Waals surface area contributed by atoms with Gasteiger partial charge in [-0.15, -0.1) is 0 Å². The van der Waals surface area contributed by atoms with Gasteiger partial charge in [0.25, 0.3) is 5.91 Å². The van der Waals surface area contributed by atoms with Crippen LogP contribution in [0.5, 0.6) is 0 Å². The van der Waals surface area contributed by atoms with Crippen LogP contribution < -0.4 is 0 Å². The van der Waals surface area contributed by atoms with Crippen molar-refractivity contribution in [2.75, 3.05) is 13.1 Å². The van der Waals surface area contributed by atoms with Gasteiger partial charge in [0.1, 0.15) is 0 Å². The first-order chi connectivity index (χ1) is 9.24. The van der Waals surface area contributed by atoms with E-state index in [1.54, 1.807) is 0 Å². The Labute approximate surface area is 123 Å². The minimum Gasteiger partial charge on any atom is -0.338 e. The predicted octanol–water partition coefficient (Wildman–Crippen LogP) is 4.10. The molecule has 0 spiro atoms. The van der Waals surface area contributed by atoms with Gasteiger partial charge in [-0.1, -0.05) is 35.2 Å². The van der Waals surface area contributed by atoms with Gasteiger partial charge in [-0.05, 0) is 48.9 Å². The van der Waals surface area contributed by atoms with Gasteiger partial charge in [0.05, 0.1) is 0 Å². The monoisotopic (exact) mass is 321 g/mol. The zero-order chi connectivity index (χ0) is 13.2. The van der Waals surface area contributed by atoms with Crippen molar-refractivity contribution in [3.05, 3.63) is 34.3 Å². The molecule has 0 aromatic heterocycles. The maximum Gasteiger partial charge on any atom is 0.253 e. The number of rotatable bonds is 1. The molecular formula is C16H20BrNO. The second-order valence-electron chi connectivity index (χ2n) is 5.85. The summed E-state index contributed by atoms with van der Waals surface area (Å²) >= 11 is 3.41. The second kappa shape index (κ2) is 5.66. The van der Waals surface area contributed by atoms with E-state index in [1.807, 2.05) is 24.3 Å². The molecule has 19 heavy (non-hydrogen) atoms. The van der Waals surface area contributed by atoms with Crippen LogP contribution in [0.2, 0.25) is 0 Å². The van der Waals surface area contributed by atoms with E-state index in [-0.39, 0.29) is 5.91 Å². The van der Waals surface area contributed by atoms with Gasteiger partial charge in [-0.25, -0.2) is 0 Å². The summed E-state index contributed by atoms with van der Waals surface area (Å²) in [5.74, 6) is 1.83. The molecule has 1 saturated heterocycles. The van der Waals surface area contributed by atoms with E-state index < -0.39 is 0 Å². The first-order valence-corrected chi connectivity index (χ1v) is 8.08. The van der Waals surface area contributed by atoms with Gasteiger partial charge in [0, 0.05) is 23.1 Å². The lowest BCUT2D eigenvalue weighted by Crippen LogP contribution is -2.44. The molecule has 1 amide bonds. The summed E-state index contributed by atoms with van der Waals surface area (Å²) in [4.78, 5) is 14.6. The molecule has 0 radical (unpaired) electrons. The summed E-state index contributed by atoms with van der Waals surface area (Å²) in [6, 6.07) is 7.72. The third-order valence-corrected chi connectivity index (χ3v) is 5.20. The first-order valence-electron chi connectivity index (χ1n) is 7.29. The molecule has 1 saturated carbocycles. The Kier molecular flexibility index (Phi) is 3.92. The van der Waals surface area contributed by atoms with Gasteiger partial charge in [-0.3, -0.25) is 4.79 Å². The molecule has 2 unspecified atom stereocenters. The Hall–Kier alpha value is -0.830. The summed E-state index contributed by atoms with van der Waals surface area (Å²) in [6.07, 6.45) is 6.63. The molecule has 3 rings (SSSR count). The zero-order valence-corrected chi connectivity index (χ0v) is 12.7. The van der Waals surface area contributed by atoms with Crippen LogP contribution in [0.3, 0.4) is 0 Å². The second-order valence-corrected chi connectivity index (χ2v) is 6.77. The number of piperidine rings is 1. The van der Waals surface area contributed by atoms with Crippen molar-refractivity contribution in [3.8, 4) is 0 Å². The fourth-order valence-electron chi connectivity index (χ4n) is 3.56. The molecule has 3 heteroatoms. The highest BCUT2D eigenvalue weighted by atomic mass is 79.9. The molecule has 1 aliphatic carbocycles. The maximum atomic E-state index is 12.5. The summed E-state index contributed by atoms with van der Waals surface area (Å²) in [6.45, 7) is 1.91. The normalized spacial score (nSPS) is 26.9. The van der Waals surface area contributed by atoms with E-state index in [2.05, 4.69) is 20.8 Å². The number of benzene rings is 1. The summed E-state index contributed by atoms with van der Waals surface area (Å²) in [5, 5.41) is 0. The number of carbonyl (C=O) groups is 1. The number of fused-ring (bicyclic) bond motifs is 1. The van der Waals surface area contributed by atoms with Crippen molar-refractivity contribution >= 4 is 21.8 Å². The molecule has 1 aliphatic heterocycles. The summed E-state index contributed by atoms with van der Waals surface area (Å²) in [5.41, 5.74) is 0.817. The number of likely N-dealkylation sites (tertiary alicyclic amines) is 1. The van der Waals surface area contributed by atoms with Crippen molar-refractivity contribution < 1.29 is 4.79 Å². The van der Waals surface area contributed by atoms with Gasteiger partial charge >= 0.3 is 0 Å². The quantitative estimate of drug-likeness (QED) is 0.762. The molecule has 1 aromatic carbocycles. The smallest absolute Gasteiger partial charge is 0.253 e. The fourth-order valence-corrected chi connectivity index (χ4v) is 3.82. The van der Waals surface area contributed by atoms with E-state index in [0.29, 0.717) is 0 Å². The Morgan fingerprint density at radius 1 is 1.05 bits per heavy atom. The van der Waals surface area contributed by atoms with Crippen molar-refractivity contribution in [2.45, 2.75) is 32.1 Å². The molecule has 2 aliphatic rings. The van der Waals surface area contributed by atoms with Gasteiger partial charge < -0.3 is 4.90 Å². The van der Waals surface area contributed by atoms with E-state index in [4.69, 9.17) is 0 Å². The Morgan fingerprint density at radius 3 is 2.47 bits per heavy atom. The summed E-state index contributed by atoms with van der Waals surface area (Å²) in [7, 11) is 0. The Bertz CT molecular complexity index is 456. The molecule has 1 aromatic rings. The van der Waals surface area contributed by atoms with Gasteiger partial charge in [0.15, 0.2) is 0 Å². The molecule has 2 atom stereocenters. The molecule has 2 fully saturated rings. The lowest BCUT2D eigenvalue weighted by atomic mass is 9.75. The van der Waals surface area contributed by atoms with Crippen LogP contribution in [0.1, 0.15) is 42.5 Å². The Balaban J connectivity index is 1.69. The molecule has 2 nitrogen and oxygen atoms in total. The number of hydrogen-bond donors (Lipinski definition) is 0. The van der Waals surface area contributed by atoms with Gasteiger partial charge in [0.2, 0.25) is 0 Å². The van der Waals surface area contributed by atoms with E-state index in [9.17, 15) is 4.79 Å². The average Bonchev–Trinajstić information content (AvgIpc) is 2.47. The SMILES string of the molecule is O=C(c1ccc(Br)cc1)N1CCC2CCCCC2C1. The molecule has 1 heterocycles. The van der Waals surface area contributed by atoms with Crippen LogP contribution in [0, 0.1) is 11.8 Å². The predicted molar refractivity (Wildman–Crippen MR) is 80.1 cm³/mol. The maximum absolute atomic E-state index is 12.5. The molecular weight excluding hydrogens is 302 g/mol. The highest BCUT2D eigenvalue weighted by Gasteiger charge is 2.33. The molecule has 102 valence electrons. The number of amides is 1. The number of hydrogen-bond acceptors (Lipinski definition) is 1. The van der Waals surface area contributed by atoms with Crippen molar-refractivity contribution in [2.24, 2.45) is 11.8 Å². The molecule has 0 bridgehead atoms. The minimum absolute atomic E-state index is 0.205. The lowest BCUT2D eigenvalue weighted by molar-refractivity contribution is 0.0521. The molecule has 0 N–H and O–H groups in total. The van der Waals surface area contributed by atoms with Crippen LogP contribution in [0.25, 0.3) is 0 Å². The minimum atomic E-state index is 0.205. The van der Waals surface area contributed by atoms with Crippen LogP contribution in [-0.2, 0) is 0 Å². The largest absolute Gasteiger partial charge is 0.338 e. The van der Waals surface area contributed by atoms with E-state index in [1.165, 1.54) is 32.1 Å². The van der Waals surface area contributed by atoms with Gasteiger partial charge in [-0.2, -0.15) is 0 Å². The highest BCUT2D eigenvalue weighted by molar-refractivity contribution is 9.10. The average molecular weight is 322 g/mol. The summed E-state index contributed by atoms with van der Waals surface area (Å²) < 4.78 is 1.02. The standard InChI is InChI=1S/C16H20BrNO/c17-15-7-5-13(6-8-15)16(19)18-10-9-12-3-1-2-4-14(12)11-18/h5-8,12,14H,1-4,9-11H2. The lowest BCUT2D eigenvalue weighted by Gasteiger charge is -2.41. The van der Waals surface area contributed by atoms with Crippen molar-refractivity contribution in [3.63, 3.8) is 0 Å². The zero-order valence-electron chi connectivity index (χ0n) is 11.1. The Morgan fingerprint density at radius 2 is 1.74 bits per heavy atom. The van der Waals surface area contributed by atoms with Crippen molar-refractivity contribution in [1.29, 1.82) is 0 Å². The topological polar surface area (TPSA) is 20.3 Å². The first kappa shape index (κ1) is 13.2.